The minimum absolute atomic E-state index is 0.340. The number of hydrogen-bond acceptors (Lipinski definition) is 3. The van der Waals surface area contributed by atoms with E-state index in [1.54, 1.807) is 0 Å². The summed E-state index contributed by atoms with van der Waals surface area (Å²) in [6.45, 7) is 6.08. The second-order valence-electron chi connectivity index (χ2n) is 7.63. The molecule has 1 unspecified atom stereocenters. The Morgan fingerprint density at radius 2 is 1.95 bits per heavy atom. The number of aliphatic hydroxyl groups is 1. The minimum atomic E-state index is -0.483. The Balaban J connectivity index is 1.55. The molecular formula is C17H30N2O2. The molecular weight excluding hydrogens is 264 g/mol. The van der Waals surface area contributed by atoms with Gasteiger partial charge in [-0.05, 0) is 57.4 Å². The average molecular weight is 294 g/mol. The lowest BCUT2D eigenvalue weighted by Gasteiger charge is -2.43. The Bertz CT molecular complexity index is 377. The van der Waals surface area contributed by atoms with Crippen molar-refractivity contribution in [1.29, 1.82) is 0 Å². The number of amides is 1. The van der Waals surface area contributed by atoms with E-state index in [4.69, 9.17) is 0 Å². The van der Waals surface area contributed by atoms with Crippen LogP contribution in [0.15, 0.2) is 0 Å². The van der Waals surface area contributed by atoms with E-state index in [1.165, 1.54) is 0 Å². The van der Waals surface area contributed by atoms with E-state index in [0.29, 0.717) is 11.9 Å². The van der Waals surface area contributed by atoms with Crippen LogP contribution in [-0.2, 0) is 4.79 Å². The molecule has 21 heavy (non-hydrogen) atoms. The zero-order chi connectivity index (χ0) is 14.9. The number of β-amino-alcohol motifs (C(OH)–C–C–N with tert-alkyl or cyclic N) is 1. The van der Waals surface area contributed by atoms with Gasteiger partial charge in [-0.2, -0.15) is 0 Å². The van der Waals surface area contributed by atoms with Crippen LogP contribution in [0.3, 0.4) is 0 Å². The molecule has 0 bridgehead atoms. The summed E-state index contributed by atoms with van der Waals surface area (Å²) < 4.78 is 0. The first-order chi connectivity index (χ1) is 10.1. The Morgan fingerprint density at radius 1 is 1.19 bits per heavy atom. The molecule has 3 aliphatic rings. The molecule has 2 aliphatic heterocycles. The highest BCUT2D eigenvalue weighted by Gasteiger charge is 2.37. The highest BCUT2D eigenvalue weighted by Crippen LogP contribution is 2.33. The third kappa shape index (κ3) is 3.59. The highest BCUT2D eigenvalue weighted by atomic mass is 16.3. The Kier molecular flexibility index (Phi) is 4.55. The molecule has 1 saturated carbocycles. The first-order valence-corrected chi connectivity index (χ1v) is 8.80. The maximum Gasteiger partial charge on any atom is 0.222 e. The van der Waals surface area contributed by atoms with Crippen LogP contribution < -0.4 is 0 Å². The number of carbonyl (C=O) groups excluding carboxylic acids is 1. The molecule has 1 N–H and O–H groups in total. The normalized spacial score (nSPS) is 39.0. The van der Waals surface area contributed by atoms with Crippen molar-refractivity contribution < 1.29 is 9.90 Å². The van der Waals surface area contributed by atoms with Gasteiger partial charge in [0.2, 0.25) is 5.91 Å². The summed E-state index contributed by atoms with van der Waals surface area (Å²) in [6, 6.07) is 0.389. The van der Waals surface area contributed by atoms with Crippen molar-refractivity contribution in [3.63, 3.8) is 0 Å². The van der Waals surface area contributed by atoms with Crippen molar-refractivity contribution >= 4 is 5.91 Å². The van der Waals surface area contributed by atoms with Gasteiger partial charge in [-0.3, -0.25) is 9.69 Å². The SMILES string of the molecule is CC1CCC(O)(CN2CCCC(N3CCCC3=O)C2)CC1. The number of carbonyl (C=O) groups is 1. The summed E-state index contributed by atoms with van der Waals surface area (Å²) in [5.74, 6) is 1.11. The molecule has 3 rings (SSSR count). The van der Waals surface area contributed by atoms with Crippen LogP contribution in [0.4, 0.5) is 0 Å². The van der Waals surface area contributed by atoms with Gasteiger partial charge >= 0.3 is 0 Å². The number of piperidine rings is 1. The summed E-state index contributed by atoms with van der Waals surface area (Å²) >= 11 is 0. The predicted octanol–water partition coefficient (Wildman–Crippen LogP) is 2.01. The van der Waals surface area contributed by atoms with E-state index in [1.807, 2.05) is 0 Å². The molecule has 1 aliphatic carbocycles. The van der Waals surface area contributed by atoms with Crippen molar-refractivity contribution in [3.8, 4) is 0 Å². The third-order valence-corrected chi connectivity index (χ3v) is 5.75. The lowest BCUT2D eigenvalue weighted by atomic mass is 9.79. The number of hydrogen-bond donors (Lipinski definition) is 1. The van der Waals surface area contributed by atoms with E-state index in [-0.39, 0.29) is 0 Å². The molecule has 1 amide bonds. The maximum absolute atomic E-state index is 11.9. The van der Waals surface area contributed by atoms with Crippen LogP contribution in [0, 0.1) is 5.92 Å². The van der Waals surface area contributed by atoms with Crippen LogP contribution in [0.1, 0.15) is 58.3 Å². The molecule has 120 valence electrons. The third-order valence-electron chi connectivity index (χ3n) is 5.75. The summed E-state index contributed by atoms with van der Waals surface area (Å²) in [5, 5.41) is 10.8. The van der Waals surface area contributed by atoms with E-state index < -0.39 is 5.60 Å². The van der Waals surface area contributed by atoms with Gasteiger partial charge in [0.15, 0.2) is 0 Å². The molecule has 4 heteroatoms. The molecule has 2 heterocycles. The second-order valence-corrected chi connectivity index (χ2v) is 7.63. The lowest BCUT2D eigenvalue weighted by molar-refractivity contribution is -0.131. The molecule has 4 nitrogen and oxygen atoms in total. The van der Waals surface area contributed by atoms with Gasteiger partial charge in [0.05, 0.1) is 5.60 Å². The first kappa shape index (κ1) is 15.3. The lowest BCUT2D eigenvalue weighted by Crippen LogP contribution is -2.53. The van der Waals surface area contributed by atoms with Gasteiger partial charge in [0.25, 0.3) is 0 Å². The molecule has 3 fully saturated rings. The van der Waals surface area contributed by atoms with Crippen molar-refractivity contribution in [2.24, 2.45) is 5.92 Å². The van der Waals surface area contributed by atoms with Crippen LogP contribution in [0.25, 0.3) is 0 Å². The molecule has 1 atom stereocenters. The van der Waals surface area contributed by atoms with Crippen molar-refractivity contribution in [2.75, 3.05) is 26.2 Å². The fraction of sp³-hybridized carbons (Fsp3) is 0.941. The molecule has 0 aromatic rings. The van der Waals surface area contributed by atoms with Crippen LogP contribution in [0.5, 0.6) is 0 Å². The Labute approximate surface area is 128 Å². The van der Waals surface area contributed by atoms with Gasteiger partial charge in [0.1, 0.15) is 0 Å². The molecule has 0 aromatic carbocycles. The maximum atomic E-state index is 11.9. The summed E-state index contributed by atoms with van der Waals surface area (Å²) in [7, 11) is 0. The molecule has 0 aromatic heterocycles. The van der Waals surface area contributed by atoms with E-state index >= 15 is 0 Å². The predicted molar refractivity (Wildman–Crippen MR) is 83.0 cm³/mol. The minimum Gasteiger partial charge on any atom is -0.389 e. The van der Waals surface area contributed by atoms with Gasteiger partial charge in [-0.25, -0.2) is 0 Å². The smallest absolute Gasteiger partial charge is 0.222 e. The number of rotatable bonds is 3. The first-order valence-electron chi connectivity index (χ1n) is 8.80. The van der Waals surface area contributed by atoms with Crippen molar-refractivity contribution in [1.82, 2.24) is 9.80 Å². The van der Waals surface area contributed by atoms with Crippen LogP contribution in [0.2, 0.25) is 0 Å². The Hall–Kier alpha value is -0.610. The molecule has 0 spiro atoms. The fourth-order valence-corrected chi connectivity index (χ4v) is 4.36. The van der Waals surface area contributed by atoms with Crippen molar-refractivity contribution in [3.05, 3.63) is 0 Å². The fourth-order valence-electron chi connectivity index (χ4n) is 4.36. The average Bonchev–Trinajstić information content (AvgIpc) is 2.89. The highest BCUT2D eigenvalue weighted by molar-refractivity contribution is 5.78. The number of likely N-dealkylation sites (tertiary alicyclic amines) is 2. The Morgan fingerprint density at radius 3 is 2.62 bits per heavy atom. The molecule has 0 radical (unpaired) electrons. The zero-order valence-corrected chi connectivity index (χ0v) is 13.4. The summed E-state index contributed by atoms with van der Waals surface area (Å²) in [4.78, 5) is 16.4. The van der Waals surface area contributed by atoms with Crippen molar-refractivity contribution in [2.45, 2.75) is 69.9 Å². The standard InChI is InChI=1S/C17H30N2O2/c1-14-6-8-17(21,9-7-14)13-18-10-2-4-15(12-18)19-11-3-5-16(19)20/h14-15,21H,2-13H2,1H3. The van der Waals surface area contributed by atoms with Gasteiger partial charge in [-0.15, -0.1) is 0 Å². The van der Waals surface area contributed by atoms with Gasteiger partial charge in [-0.1, -0.05) is 6.92 Å². The van der Waals surface area contributed by atoms with Gasteiger partial charge < -0.3 is 10.0 Å². The topological polar surface area (TPSA) is 43.8 Å². The van der Waals surface area contributed by atoms with Crippen LogP contribution in [-0.4, -0.2) is 58.6 Å². The number of nitrogens with zero attached hydrogens (tertiary/aromatic N) is 2. The van der Waals surface area contributed by atoms with E-state index in [0.717, 1.165) is 83.5 Å². The van der Waals surface area contributed by atoms with E-state index in [2.05, 4.69) is 16.7 Å². The monoisotopic (exact) mass is 294 g/mol. The van der Waals surface area contributed by atoms with Gasteiger partial charge in [0, 0.05) is 32.1 Å². The largest absolute Gasteiger partial charge is 0.389 e. The summed E-state index contributed by atoms with van der Waals surface area (Å²) in [6.07, 6.45) is 8.24. The van der Waals surface area contributed by atoms with E-state index in [9.17, 15) is 9.90 Å². The summed E-state index contributed by atoms with van der Waals surface area (Å²) in [5.41, 5.74) is -0.483. The second kappa shape index (κ2) is 6.25. The quantitative estimate of drug-likeness (QED) is 0.866. The zero-order valence-electron chi connectivity index (χ0n) is 13.4. The molecule has 2 saturated heterocycles. The van der Waals surface area contributed by atoms with Crippen LogP contribution >= 0.6 is 0 Å².